The molecule has 132 valence electrons. The van der Waals surface area contributed by atoms with Gasteiger partial charge in [0.05, 0.1) is 11.9 Å². The molecule has 1 amide bonds. The summed E-state index contributed by atoms with van der Waals surface area (Å²) >= 11 is 1.54. The van der Waals surface area contributed by atoms with Gasteiger partial charge in [-0.2, -0.15) is 0 Å². The lowest BCUT2D eigenvalue weighted by atomic mass is 10.1. The van der Waals surface area contributed by atoms with E-state index in [9.17, 15) is 4.79 Å². The Balaban J connectivity index is 2.08. The molecule has 0 bridgehead atoms. The number of aromatic nitrogens is 4. The van der Waals surface area contributed by atoms with Crippen LogP contribution in [0.2, 0.25) is 0 Å². The number of thiazole rings is 1. The van der Waals surface area contributed by atoms with Crippen molar-refractivity contribution in [1.82, 2.24) is 19.5 Å². The summed E-state index contributed by atoms with van der Waals surface area (Å²) in [5.74, 6) is -0.388. The van der Waals surface area contributed by atoms with Crippen LogP contribution >= 0.6 is 11.3 Å². The van der Waals surface area contributed by atoms with Gasteiger partial charge in [0.1, 0.15) is 5.01 Å². The summed E-state index contributed by atoms with van der Waals surface area (Å²) in [5.41, 5.74) is 10.4. The number of nitrogens with zero attached hydrogens (tertiary/aromatic N) is 3. The first-order valence-electron chi connectivity index (χ1n) is 8.52. The molecule has 0 atom stereocenters. The molecule has 0 fully saturated rings. The highest BCUT2D eigenvalue weighted by molar-refractivity contribution is 7.13. The molecule has 25 heavy (non-hydrogen) atoms. The van der Waals surface area contributed by atoms with Crippen molar-refractivity contribution in [2.75, 3.05) is 0 Å². The predicted octanol–water partition coefficient (Wildman–Crippen LogP) is 3.33. The molecule has 0 spiro atoms. The second kappa shape index (κ2) is 7.65. The molecule has 6 nitrogen and oxygen atoms in total. The number of aryl methyl sites for hydroxylation is 1. The van der Waals surface area contributed by atoms with Crippen LogP contribution in [0, 0.1) is 6.92 Å². The summed E-state index contributed by atoms with van der Waals surface area (Å²) in [7, 11) is 0. The smallest absolute Gasteiger partial charge is 0.251 e. The third kappa shape index (κ3) is 3.51. The van der Waals surface area contributed by atoms with E-state index in [0.717, 1.165) is 59.9 Å². The van der Waals surface area contributed by atoms with Gasteiger partial charge >= 0.3 is 0 Å². The quantitative estimate of drug-likeness (QED) is 0.648. The number of nitrogens with two attached hydrogens (primary N) is 1. The van der Waals surface area contributed by atoms with Gasteiger partial charge in [-0.3, -0.25) is 4.79 Å². The SMILES string of the molecule is CCCCc1c(-c2nccs2)c(C(N)=O)c(C)n1CCc1cnc[nH]1. The Hall–Kier alpha value is -2.41. The molecule has 3 rings (SSSR count). The third-order valence-electron chi connectivity index (χ3n) is 4.45. The van der Waals surface area contributed by atoms with Gasteiger partial charge in [-0.15, -0.1) is 11.3 Å². The molecule has 0 aromatic carbocycles. The highest BCUT2D eigenvalue weighted by Gasteiger charge is 2.25. The number of hydrogen-bond acceptors (Lipinski definition) is 4. The number of carbonyl (C=O) groups is 1. The number of aromatic amines is 1. The van der Waals surface area contributed by atoms with Crippen molar-refractivity contribution >= 4 is 17.2 Å². The Morgan fingerprint density at radius 3 is 2.84 bits per heavy atom. The number of primary amides is 1. The maximum Gasteiger partial charge on any atom is 0.251 e. The van der Waals surface area contributed by atoms with Crippen molar-refractivity contribution in [3.63, 3.8) is 0 Å². The third-order valence-corrected chi connectivity index (χ3v) is 5.24. The number of imidazole rings is 1. The molecule has 0 aliphatic heterocycles. The van der Waals surface area contributed by atoms with Crippen molar-refractivity contribution in [2.24, 2.45) is 5.73 Å². The average molecular weight is 357 g/mol. The molecule has 7 heteroatoms. The number of H-pyrrole nitrogens is 1. The molecular formula is C18H23N5OS. The lowest BCUT2D eigenvalue weighted by Crippen LogP contribution is -2.14. The van der Waals surface area contributed by atoms with Crippen LogP contribution in [0.5, 0.6) is 0 Å². The summed E-state index contributed by atoms with van der Waals surface area (Å²) in [6.45, 7) is 4.92. The lowest BCUT2D eigenvalue weighted by molar-refractivity contribution is 0.1000. The second-order valence-electron chi connectivity index (χ2n) is 6.07. The highest BCUT2D eigenvalue weighted by Crippen LogP contribution is 2.35. The van der Waals surface area contributed by atoms with Crippen LogP contribution in [0.25, 0.3) is 10.6 Å². The lowest BCUT2D eigenvalue weighted by Gasteiger charge is -2.12. The van der Waals surface area contributed by atoms with Crippen molar-refractivity contribution < 1.29 is 4.79 Å². The molecule has 3 aromatic heterocycles. The van der Waals surface area contributed by atoms with Gasteiger partial charge in [-0.05, 0) is 19.8 Å². The van der Waals surface area contributed by atoms with Gasteiger partial charge < -0.3 is 15.3 Å². The fourth-order valence-electron chi connectivity index (χ4n) is 3.24. The first-order valence-corrected chi connectivity index (χ1v) is 9.40. The van der Waals surface area contributed by atoms with Gasteiger partial charge in [0.2, 0.25) is 0 Å². The van der Waals surface area contributed by atoms with Gasteiger partial charge in [0.25, 0.3) is 5.91 Å². The highest BCUT2D eigenvalue weighted by atomic mass is 32.1. The number of rotatable bonds is 8. The summed E-state index contributed by atoms with van der Waals surface area (Å²) in [4.78, 5) is 23.8. The van der Waals surface area contributed by atoms with Gasteiger partial charge in [0, 0.05) is 53.4 Å². The van der Waals surface area contributed by atoms with E-state index in [4.69, 9.17) is 5.73 Å². The molecule has 0 saturated heterocycles. The summed E-state index contributed by atoms with van der Waals surface area (Å²) < 4.78 is 2.23. The van der Waals surface area contributed by atoms with Crippen molar-refractivity contribution in [1.29, 1.82) is 0 Å². The molecule has 3 heterocycles. The molecular weight excluding hydrogens is 334 g/mol. The Labute approximate surface area is 151 Å². The van der Waals surface area contributed by atoms with Gasteiger partial charge in [-0.25, -0.2) is 9.97 Å². The van der Waals surface area contributed by atoms with E-state index in [2.05, 4.69) is 26.4 Å². The topological polar surface area (TPSA) is 89.6 Å². The fourth-order valence-corrected chi connectivity index (χ4v) is 3.95. The first-order chi connectivity index (χ1) is 12.1. The van der Waals surface area contributed by atoms with E-state index in [0.29, 0.717) is 5.56 Å². The Bertz CT molecular complexity index is 834. The molecule has 0 aliphatic carbocycles. The number of amides is 1. The monoisotopic (exact) mass is 357 g/mol. The predicted molar refractivity (Wildman–Crippen MR) is 99.7 cm³/mol. The molecule has 3 N–H and O–H groups in total. The summed E-state index contributed by atoms with van der Waals surface area (Å²) in [6.07, 6.45) is 9.17. The van der Waals surface area contributed by atoms with E-state index in [1.54, 1.807) is 23.9 Å². The van der Waals surface area contributed by atoms with Crippen LogP contribution in [0.1, 0.15) is 47.2 Å². The standard InChI is InChI=1S/C18H23N5OS/c1-3-4-5-14-16(18-21-7-9-25-18)15(17(19)24)12(2)23(14)8-6-13-10-20-11-22-13/h7,9-11H,3-6,8H2,1-2H3,(H2,19,24)(H,20,22). The maximum atomic E-state index is 12.2. The molecule has 0 radical (unpaired) electrons. The zero-order valence-corrected chi connectivity index (χ0v) is 15.4. The minimum absolute atomic E-state index is 0.388. The van der Waals surface area contributed by atoms with Crippen LogP contribution in [0.15, 0.2) is 24.1 Å². The van der Waals surface area contributed by atoms with E-state index in [1.165, 1.54) is 0 Å². The second-order valence-corrected chi connectivity index (χ2v) is 6.96. The largest absolute Gasteiger partial charge is 0.366 e. The minimum Gasteiger partial charge on any atom is -0.366 e. The first kappa shape index (κ1) is 17.4. The Morgan fingerprint density at radius 1 is 1.40 bits per heavy atom. The van der Waals surface area contributed by atoms with Crippen LogP contribution in [0.4, 0.5) is 0 Å². The van der Waals surface area contributed by atoms with Crippen LogP contribution in [-0.4, -0.2) is 25.4 Å². The molecule has 0 unspecified atom stereocenters. The normalized spacial score (nSPS) is 11.1. The zero-order chi connectivity index (χ0) is 17.8. The summed E-state index contributed by atoms with van der Waals surface area (Å²) in [6, 6.07) is 0. The maximum absolute atomic E-state index is 12.2. The number of unbranched alkanes of at least 4 members (excludes halogenated alkanes) is 1. The van der Waals surface area contributed by atoms with E-state index >= 15 is 0 Å². The van der Waals surface area contributed by atoms with Crippen molar-refractivity contribution in [3.8, 4) is 10.6 Å². The number of carbonyl (C=O) groups excluding carboxylic acids is 1. The van der Waals surface area contributed by atoms with Crippen LogP contribution < -0.4 is 5.73 Å². The van der Waals surface area contributed by atoms with E-state index < -0.39 is 0 Å². The number of hydrogen-bond donors (Lipinski definition) is 2. The van der Waals surface area contributed by atoms with Crippen molar-refractivity contribution in [2.45, 2.75) is 46.1 Å². The Morgan fingerprint density at radius 2 is 2.24 bits per heavy atom. The molecule has 0 aliphatic rings. The summed E-state index contributed by atoms with van der Waals surface area (Å²) in [5, 5.41) is 2.80. The molecule has 3 aromatic rings. The van der Waals surface area contributed by atoms with Gasteiger partial charge in [-0.1, -0.05) is 13.3 Å². The molecule has 0 saturated carbocycles. The van der Waals surface area contributed by atoms with E-state index in [1.807, 2.05) is 18.5 Å². The average Bonchev–Trinajstić information content (AvgIpc) is 3.32. The fraction of sp³-hybridized carbons (Fsp3) is 0.389. The van der Waals surface area contributed by atoms with E-state index in [-0.39, 0.29) is 5.91 Å². The Kier molecular flexibility index (Phi) is 5.33. The van der Waals surface area contributed by atoms with Crippen LogP contribution in [0.3, 0.4) is 0 Å². The van der Waals surface area contributed by atoms with Crippen molar-refractivity contribution in [3.05, 3.63) is 46.7 Å². The number of nitrogens with one attached hydrogen (secondary N) is 1. The van der Waals surface area contributed by atoms with Gasteiger partial charge in [0.15, 0.2) is 0 Å². The minimum atomic E-state index is -0.388. The zero-order valence-electron chi connectivity index (χ0n) is 14.6. The van der Waals surface area contributed by atoms with Crippen LogP contribution in [-0.2, 0) is 19.4 Å².